The first-order valence-corrected chi connectivity index (χ1v) is 4.65. The molecule has 1 saturated carbocycles. The minimum Gasteiger partial charge on any atom is -0.316 e. The van der Waals surface area contributed by atoms with Crippen molar-refractivity contribution in [2.75, 3.05) is 13.6 Å². The molecule has 11 heavy (non-hydrogen) atoms. The van der Waals surface area contributed by atoms with Gasteiger partial charge >= 0.3 is 0 Å². The molecule has 1 atom stereocenters. The van der Waals surface area contributed by atoms with Crippen molar-refractivity contribution in [2.45, 2.75) is 32.6 Å². The standard InChI is InChI=1S/C10H19N/c1-9-4-3-5-10(8-9)6-7-11-2/h6,9,11H,3-5,7-8H2,1-2H3/b10-6+. The third-order valence-corrected chi connectivity index (χ3v) is 2.40. The molecule has 1 aliphatic carbocycles. The summed E-state index contributed by atoms with van der Waals surface area (Å²) < 4.78 is 0. The van der Waals surface area contributed by atoms with Crippen molar-refractivity contribution in [2.24, 2.45) is 5.92 Å². The molecule has 0 heterocycles. The first-order valence-electron chi connectivity index (χ1n) is 4.65. The van der Waals surface area contributed by atoms with Gasteiger partial charge in [0, 0.05) is 6.54 Å². The Hall–Kier alpha value is -0.300. The first-order chi connectivity index (χ1) is 5.33. The summed E-state index contributed by atoms with van der Waals surface area (Å²) in [6.45, 7) is 3.40. The predicted molar refractivity (Wildman–Crippen MR) is 49.6 cm³/mol. The van der Waals surface area contributed by atoms with Crippen molar-refractivity contribution in [1.29, 1.82) is 0 Å². The van der Waals surface area contributed by atoms with Crippen LogP contribution in [-0.4, -0.2) is 13.6 Å². The fourth-order valence-electron chi connectivity index (χ4n) is 1.76. The molecule has 0 radical (unpaired) electrons. The fourth-order valence-corrected chi connectivity index (χ4v) is 1.76. The second-order valence-corrected chi connectivity index (χ2v) is 3.62. The molecule has 1 unspecified atom stereocenters. The van der Waals surface area contributed by atoms with Crippen LogP contribution in [-0.2, 0) is 0 Å². The lowest BCUT2D eigenvalue weighted by Gasteiger charge is -2.20. The molecule has 0 saturated heterocycles. The van der Waals surface area contributed by atoms with Crippen molar-refractivity contribution in [1.82, 2.24) is 5.32 Å². The zero-order valence-corrected chi connectivity index (χ0v) is 7.69. The summed E-state index contributed by atoms with van der Waals surface area (Å²) in [7, 11) is 2.00. The van der Waals surface area contributed by atoms with Gasteiger partial charge in [0.1, 0.15) is 0 Å². The van der Waals surface area contributed by atoms with Gasteiger partial charge in [0.05, 0.1) is 0 Å². The van der Waals surface area contributed by atoms with Gasteiger partial charge in [-0.1, -0.05) is 25.0 Å². The monoisotopic (exact) mass is 153 g/mol. The summed E-state index contributed by atoms with van der Waals surface area (Å²) >= 11 is 0. The van der Waals surface area contributed by atoms with Gasteiger partial charge in [-0.25, -0.2) is 0 Å². The second kappa shape index (κ2) is 4.55. The normalized spacial score (nSPS) is 29.3. The van der Waals surface area contributed by atoms with E-state index in [9.17, 15) is 0 Å². The molecule has 1 nitrogen and oxygen atoms in total. The zero-order valence-electron chi connectivity index (χ0n) is 7.69. The van der Waals surface area contributed by atoms with Gasteiger partial charge in [-0.05, 0) is 32.2 Å². The summed E-state index contributed by atoms with van der Waals surface area (Å²) in [5.74, 6) is 0.923. The molecule has 0 spiro atoms. The van der Waals surface area contributed by atoms with Gasteiger partial charge < -0.3 is 5.32 Å². The first kappa shape index (κ1) is 8.79. The highest BCUT2D eigenvalue weighted by Gasteiger charge is 2.11. The van der Waals surface area contributed by atoms with E-state index in [0.717, 1.165) is 12.5 Å². The number of rotatable bonds is 2. The van der Waals surface area contributed by atoms with Gasteiger partial charge in [-0.15, -0.1) is 0 Å². The number of hydrogen-bond donors (Lipinski definition) is 1. The Morgan fingerprint density at radius 2 is 2.45 bits per heavy atom. The van der Waals surface area contributed by atoms with Crippen LogP contribution in [0.4, 0.5) is 0 Å². The Balaban J connectivity index is 2.32. The van der Waals surface area contributed by atoms with Crippen LogP contribution in [0.2, 0.25) is 0 Å². The molecule has 1 N–H and O–H groups in total. The van der Waals surface area contributed by atoms with Gasteiger partial charge in [-0.2, -0.15) is 0 Å². The topological polar surface area (TPSA) is 12.0 Å². The number of likely N-dealkylation sites (N-methyl/N-ethyl adjacent to an activating group) is 1. The van der Waals surface area contributed by atoms with Crippen LogP contribution in [0.15, 0.2) is 11.6 Å². The molecular formula is C10H19N. The maximum absolute atomic E-state index is 3.15. The van der Waals surface area contributed by atoms with Crippen LogP contribution in [0.5, 0.6) is 0 Å². The second-order valence-electron chi connectivity index (χ2n) is 3.62. The van der Waals surface area contributed by atoms with Crippen LogP contribution >= 0.6 is 0 Å². The fraction of sp³-hybridized carbons (Fsp3) is 0.800. The molecule has 64 valence electrons. The van der Waals surface area contributed by atoms with Crippen molar-refractivity contribution < 1.29 is 0 Å². The maximum atomic E-state index is 3.15. The van der Waals surface area contributed by atoms with Crippen molar-refractivity contribution in [3.8, 4) is 0 Å². The summed E-state index contributed by atoms with van der Waals surface area (Å²) in [5, 5.41) is 3.15. The Bertz CT molecular complexity index is 138. The van der Waals surface area contributed by atoms with Gasteiger partial charge in [-0.3, -0.25) is 0 Å². The van der Waals surface area contributed by atoms with E-state index in [1.807, 2.05) is 7.05 Å². The van der Waals surface area contributed by atoms with Gasteiger partial charge in [0.2, 0.25) is 0 Å². The van der Waals surface area contributed by atoms with E-state index in [2.05, 4.69) is 18.3 Å². The maximum Gasteiger partial charge on any atom is 0.0134 e. The minimum absolute atomic E-state index is 0.923. The highest BCUT2D eigenvalue weighted by molar-refractivity contribution is 5.06. The van der Waals surface area contributed by atoms with E-state index in [1.54, 1.807) is 5.57 Å². The highest BCUT2D eigenvalue weighted by Crippen LogP contribution is 2.27. The quantitative estimate of drug-likeness (QED) is 0.600. The molecule has 1 aliphatic rings. The number of hydrogen-bond acceptors (Lipinski definition) is 1. The summed E-state index contributed by atoms with van der Waals surface area (Å²) in [6, 6.07) is 0. The minimum atomic E-state index is 0.923. The molecule has 0 bridgehead atoms. The molecule has 0 aromatic rings. The average molecular weight is 153 g/mol. The smallest absolute Gasteiger partial charge is 0.0134 e. The Labute approximate surface area is 69.9 Å². The Morgan fingerprint density at radius 3 is 3.09 bits per heavy atom. The Morgan fingerprint density at radius 1 is 1.64 bits per heavy atom. The van der Waals surface area contributed by atoms with E-state index in [0.29, 0.717) is 0 Å². The summed E-state index contributed by atoms with van der Waals surface area (Å²) in [5.41, 5.74) is 1.66. The zero-order chi connectivity index (χ0) is 8.10. The van der Waals surface area contributed by atoms with Crippen LogP contribution in [0.25, 0.3) is 0 Å². The van der Waals surface area contributed by atoms with E-state index in [4.69, 9.17) is 0 Å². The highest BCUT2D eigenvalue weighted by atomic mass is 14.8. The molecular weight excluding hydrogens is 134 g/mol. The van der Waals surface area contributed by atoms with Gasteiger partial charge in [0.25, 0.3) is 0 Å². The molecule has 1 rings (SSSR count). The van der Waals surface area contributed by atoms with E-state index >= 15 is 0 Å². The summed E-state index contributed by atoms with van der Waals surface area (Å²) in [6.07, 6.45) is 7.86. The third kappa shape index (κ3) is 3.06. The lowest BCUT2D eigenvalue weighted by atomic mass is 9.87. The molecule has 0 aromatic carbocycles. The molecule has 0 amide bonds. The van der Waals surface area contributed by atoms with E-state index in [1.165, 1.54) is 25.7 Å². The number of allylic oxidation sites excluding steroid dienone is 1. The third-order valence-electron chi connectivity index (χ3n) is 2.40. The van der Waals surface area contributed by atoms with Crippen LogP contribution in [0.1, 0.15) is 32.6 Å². The lowest BCUT2D eigenvalue weighted by molar-refractivity contribution is 0.451. The molecule has 1 fully saturated rings. The van der Waals surface area contributed by atoms with E-state index in [-0.39, 0.29) is 0 Å². The average Bonchev–Trinajstić information content (AvgIpc) is 2.01. The largest absolute Gasteiger partial charge is 0.316 e. The molecule has 0 aromatic heterocycles. The van der Waals surface area contributed by atoms with Crippen molar-refractivity contribution in [3.63, 3.8) is 0 Å². The number of nitrogens with one attached hydrogen (secondary N) is 1. The summed E-state index contributed by atoms with van der Waals surface area (Å²) in [4.78, 5) is 0. The van der Waals surface area contributed by atoms with Crippen LogP contribution < -0.4 is 5.32 Å². The van der Waals surface area contributed by atoms with Crippen molar-refractivity contribution in [3.05, 3.63) is 11.6 Å². The van der Waals surface area contributed by atoms with Crippen molar-refractivity contribution >= 4 is 0 Å². The molecule has 0 aliphatic heterocycles. The predicted octanol–water partition coefficient (Wildman–Crippen LogP) is 2.34. The van der Waals surface area contributed by atoms with Crippen LogP contribution in [0, 0.1) is 5.92 Å². The Kier molecular flexibility index (Phi) is 3.64. The lowest BCUT2D eigenvalue weighted by Crippen LogP contribution is -2.09. The van der Waals surface area contributed by atoms with Crippen LogP contribution in [0.3, 0.4) is 0 Å². The van der Waals surface area contributed by atoms with Gasteiger partial charge in [0.15, 0.2) is 0 Å². The van der Waals surface area contributed by atoms with E-state index < -0.39 is 0 Å². The SMILES string of the molecule is CNC/C=C1\CCCC(C)C1. The molecule has 1 heteroatoms.